The van der Waals surface area contributed by atoms with Crippen molar-refractivity contribution in [1.82, 2.24) is 0 Å². The Labute approximate surface area is 114 Å². The molecule has 0 saturated carbocycles. The lowest BCUT2D eigenvalue weighted by atomic mass is 10.3. The van der Waals surface area contributed by atoms with E-state index in [2.05, 4.69) is 31.9 Å². The summed E-state index contributed by atoms with van der Waals surface area (Å²) >= 11 is 8.17. The summed E-state index contributed by atoms with van der Waals surface area (Å²) in [4.78, 5) is 1.04. The molecule has 16 heavy (non-hydrogen) atoms. The first-order valence-electron chi connectivity index (χ1n) is 4.46. The van der Waals surface area contributed by atoms with E-state index in [1.165, 1.54) is 6.07 Å². The summed E-state index contributed by atoms with van der Waals surface area (Å²) in [6.07, 6.45) is 0. The van der Waals surface area contributed by atoms with Crippen LogP contribution in [0, 0.1) is 5.82 Å². The number of benzene rings is 1. The van der Waals surface area contributed by atoms with E-state index in [1.54, 1.807) is 23.5 Å². The van der Waals surface area contributed by atoms with Crippen LogP contribution in [0.3, 0.4) is 0 Å². The van der Waals surface area contributed by atoms with Crippen LogP contribution < -0.4 is 4.74 Å². The molecule has 0 N–H and O–H groups in total. The predicted octanol–water partition coefficient (Wildman–Crippen LogP) is 4.99. The average molecular weight is 366 g/mol. The van der Waals surface area contributed by atoms with Gasteiger partial charge in [0.2, 0.25) is 0 Å². The molecule has 0 unspecified atom stereocenters. The van der Waals surface area contributed by atoms with Gasteiger partial charge < -0.3 is 4.74 Å². The maximum absolute atomic E-state index is 13.4. The third kappa shape index (κ3) is 2.84. The molecule has 1 nitrogen and oxygen atoms in total. The SMILES string of the molecule is Fc1cc(Br)ccc1OCc1sccc1Br. The lowest BCUT2D eigenvalue weighted by Gasteiger charge is -2.06. The molecule has 0 aliphatic heterocycles. The molecule has 1 heterocycles. The Balaban J connectivity index is 2.08. The molecule has 84 valence electrons. The molecule has 0 radical (unpaired) electrons. The van der Waals surface area contributed by atoms with Crippen LogP contribution >= 0.6 is 43.2 Å². The van der Waals surface area contributed by atoms with Crippen LogP contribution in [0.1, 0.15) is 4.88 Å². The molecule has 0 aliphatic carbocycles. The number of halogens is 3. The second-order valence-corrected chi connectivity index (χ2v) is 5.83. The monoisotopic (exact) mass is 364 g/mol. The minimum Gasteiger partial charge on any atom is -0.485 e. The molecule has 1 aromatic heterocycles. The Morgan fingerprint density at radius 3 is 2.69 bits per heavy atom. The van der Waals surface area contributed by atoms with Crippen LogP contribution in [0.25, 0.3) is 0 Å². The first-order valence-corrected chi connectivity index (χ1v) is 6.93. The lowest BCUT2D eigenvalue weighted by Crippen LogP contribution is -1.95. The van der Waals surface area contributed by atoms with E-state index in [4.69, 9.17) is 4.74 Å². The van der Waals surface area contributed by atoms with Gasteiger partial charge in [0.05, 0.1) is 4.88 Å². The molecule has 0 bridgehead atoms. The summed E-state index contributed by atoms with van der Waals surface area (Å²) in [5.41, 5.74) is 0. The Bertz CT molecular complexity index is 498. The summed E-state index contributed by atoms with van der Waals surface area (Å²) in [7, 11) is 0. The Morgan fingerprint density at radius 1 is 1.25 bits per heavy atom. The molecule has 0 amide bonds. The highest BCUT2D eigenvalue weighted by Crippen LogP contribution is 2.26. The van der Waals surface area contributed by atoms with E-state index in [-0.39, 0.29) is 11.6 Å². The van der Waals surface area contributed by atoms with Gasteiger partial charge in [0, 0.05) is 8.95 Å². The van der Waals surface area contributed by atoms with Crippen LogP contribution in [-0.2, 0) is 6.61 Å². The molecule has 0 spiro atoms. The molecule has 0 aliphatic rings. The molecule has 5 heteroatoms. The third-order valence-electron chi connectivity index (χ3n) is 1.94. The predicted molar refractivity (Wildman–Crippen MR) is 70.5 cm³/mol. The summed E-state index contributed by atoms with van der Waals surface area (Å²) in [6.45, 7) is 0.372. The number of hydrogen-bond acceptors (Lipinski definition) is 2. The van der Waals surface area contributed by atoms with Crippen molar-refractivity contribution in [2.45, 2.75) is 6.61 Å². The van der Waals surface area contributed by atoms with Gasteiger partial charge in [-0.15, -0.1) is 11.3 Å². The van der Waals surface area contributed by atoms with Crippen molar-refractivity contribution in [3.05, 3.63) is 49.3 Å². The second-order valence-electron chi connectivity index (χ2n) is 3.06. The molecule has 2 rings (SSSR count). The normalized spacial score (nSPS) is 10.4. The van der Waals surface area contributed by atoms with Crippen LogP contribution in [-0.4, -0.2) is 0 Å². The first kappa shape index (κ1) is 12.1. The smallest absolute Gasteiger partial charge is 0.166 e. The zero-order chi connectivity index (χ0) is 11.5. The van der Waals surface area contributed by atoms with Crippen molar-refractivity contribution in [3.8, 4) is 5.75 Å². The standard InChI is InChI=1S/C11H7Br2FOS/c12-7-1-2-10(9(14)5-7)15-6-11-8(13)3-4-16-11/h1-5H,6H2. The van der Waals surface area contributed by atoms with Crippen molar-refractivity contribution in [3.63, 3.8) is 0 Å². The minimum atomic E-state index is -0.359. The number of thiophene rings is 1. The van der Waals surface area contributed by atoms with Gasteiger partial charge in [0.15, 0.2) is 11.6 Å². The van der Waals surface area contributed by atoms with Gasteiger partial charge in [0.1, 0.15) is 6.61 Å². The van der Waals surface area contributed by atoms with Crippen molar-refractivity contribution in [1.29, 1.82) is 0 Å². The van der Waals surface area contributed by atoms with Crippen molar-refractivity contribution in [2.24, 2.45) is 0 Å². The molecular formula is C11H7Br2FOS. The average Bonchev–Trinajstić information content (AvgIpc) is 2.63. The first-order chi connectivity index (χ1) is 7.66. The fraction of sp³-hybridized carbons (Fsp3) is 0.0909. The lowest BCUT2D eigenvalue weighted by molar-refractivity contribution is 0.293. The zero-order valence-electron chi connectivity index (χ0n) is 8.04. The number of rotatable bonds is 3. The molecule has 2 aromatic rings. The summed E-state index contributed by atoms with van der Waals surface area (Å²) in [5.74, 6) is -0.0921. The zero-order valence-corrected chi connectivity index (χ0v) is 12.0. The number of hydrogen-bond donors (Lipinski definition) is 0. The Kier molecular flexibility index (Phi) is 4.00. The molecule has 0 saturated heterocycles. The second kappa shape index (κ2) is 5.29. The Morgan fingerprint density at radius 2 is 2.06 bits per heavy atom. The highest BCUT2D eigenvalue weighted by Gasteiger charge is 2.06. The molecule has 1 aromatic carbocycles. The van der Waals surface area contributed by atoms with Crippen LogP contribution in [0.4, 0.5) is 4.39 Å². The van der Waals surface area contributed by atoms with E-state index < -0.39 is 0 Å². The van der Waals surface area contributed by atoms with Gasteiger partial charge in [-0.05, 0) is 45.6 Å². The quantitative estimate of drug-likeness (QED) is 0.744. The van der Waals surface area contributed by atoms with E-state index in [0.717, 1.165) is 9.35 Å². The van der Waals surface area contributed by atoms with Gasteiger partial charge in [0.25, 0.3) is 0 Å². The molecule has 0 fully saturated rings. The molecular weight excluding hydrogens is 359 g/mol. The van der Waals surface area contributed by atoms with E-state index >= 15 is 0 Å². The Hall–Kier alpha value is -0.390. The van der Waals surface area contributed by atoms with Crippen LogP contribution in [0.5, 0.6) is 5.75 Å². The molecule has 0 atom stereocenters. The van der Waals surface area contributed by atoms with E-state index in [1.807, 2.05) is 11.4 Å². The van der Waals surface area contributed by atoms with Gasteiger partial charge in [-0.1, -0.05) is 15.9 Å². The van der Waals surface area contributed by atoms with Gasteiger partial charge in [-0.2, -0.15) is 0 Å². The fourth-order valence-corrected chi connectivity index (χ4v) is 2.87. The summed E-state index contributed by atoms with van der Waals surface area (Å²) in [5, 5.41) is 1.96. The fourth-order valence-electron chi connectivity index (χ4n) is 1.16. The maximum atomic E-state index is 13.4. The van der Waals surface area contributed by atoms with Crippen molar-refractivity contribution in [2.75, 3.05) is 0 Å². The summed E-state index contributed by atoms with van der Waals surface area (Å²) in [6, 6.07) is 6.70. The maximum Gasteiger partial charge on any atom is 0.166 e. The van der Waals surface area contributed by atoms with Crippen molar-refractivity contribution < 1.29 is 9.13 Å². The van der Waals surface area contributed by atoms with Crippen LogP contribution in [0.15, 0.2) is 38.6 Å². The minimum absolute atomic E-state index is 0.267. The van der Waals surface area contributed by atoms with Gasteiger partial charge >= 0.3 is 0 Å². The third-order valence-corrected chi connectivity index (χ3v) is 4.34. The van der Waals surface area contributed by atoms with Gasteiger partial charge in [-0.25, -0.2) is 4.39 Å². The summed E-state index contributed by atoms with van der Waals surface area (Å²) < 4.78 is 20.5. The highest BCUT2D eigenvalue weighted by atomic mass is 79.9. The van der Waals surface area contributed by atoms with E-state index in [0.29, 0.717) is 11.1 Å². The number of ether oxygens (including phenoxy) is 1. The van der Waals surface area contributed by atoms with E-state index in [9.17, 15) is 4.39 Å². The van der Waals surface area contributed by atoms with Gasteiger partial charge in [-0.3, -0.25) is 0 Å². The topological polar surface area (TPSA) is 9.23 Å². The van der Waals surface area contributed by atoms with Crippen LogP contribution in [0.2, 0.25) is 0 Å². The van der Waals surface area contributed by atoms with Crippen molar-refractivity contribution >= 4 is 43.2 Å². The largest absolute Gasteiger partial charge is 0.485 e. The highest BCUT2D eigenvalue weighted by molar-refractivity contribution is 9.10.